The minimum absolute atomic E-state index is 0.0112. The van der Waals surface area contributed by atoms with Gasteiger partial charge in [0.05, 0.1) is 22.7 Å². The third-order valence-corrected chi connectivity index (χ3v) is 9.19. The van der Waals surface area contributed by atoms with Crippen LogP contribution in [0.2, 0.25) is 15.1 Å². The number of nitrogens with one attached hydrogen (secondary N) is 1. The van der Waals surface area contributed by atoms with Gasteiger partial charge in [-0.05, 0) is 67.8 Å². The smallest absolute Gasteiger partial charge is 0.264 e. The number of rotatable bonds is 12. The van der Waals surface area contributed by atoms with Crippen LogP contribution in [0.15, 0.2) is 65.6 Å². The van der Waals surface area contributed by atoms with Gasteiger partial charge in [0.15, 0.2) is 0 Å². The van der Waals surface area contributed by atoms with Crippen LogP contribution in [-0.2, 0) is 26.2 Å². The van der Waals surface area contributed by atoms with Crippen molar-refractivity contribution in [3.8, 4) is 5.75 Å². The SMILES string of the molecule is COc1ccc(N(CC(=O)N(Cc2ccc(Cl)cc2Cl)C(C)C(=O)NCC(C)C)S(=O)(=O)c2ccc(C)cc2)cc1Cl. The zero-order valence-corrected chi connectivity index (χ0v) is 27.1. The summed E-state index contributed by atoms with van der Waals surface area (Å²) in [5, 5.41) is 3.73. The van der Waals surface area contributed by atoms with E-state index in [2.05, 4.69) is 5.32 Å². The van der Waals surface area contributed by atoms with Crippen LogP contribution in [0.4, 0.5) is 5.69 Å². The molecule has 12 heteroatoms. The molecule has 3 rings (SSSR count). The maximum Gasteiger partial charge on any atom is 0.264 e. The van der Waals surface area contributed by atoms with Gasteiger partial charge in [-0.3, -0.25) is 13.9 Å². The Balaban J connectivity index is 2.07. The fraction of sp³-hybridized carbons (Fsp3) is 0.333. The van der Waals surface area contributed by atoms with E-state index in [1.807, 2.05) is 20.8 Å². The fourth-order valence-electron chi connectivity index (χ4n) is 4.05. The second kappa shape index (κ2) is 14.5. The van der Waals surface area contributed by atoms with Gasteiger partial charge in [0.2, 0.25) is 11.8 Å². The average molecular weight is 655 g/mol. The van der Waals surface area contributed by atoms with Crippen LogP contribution in [0.25, 0.3) is 0 Å². The molecule has 0 spiro atoms. The Labute approximate surface area is 262 Å². The standard InChI is InChI=1S/C30H34Cl3N3O5S/c1-19(2)16-34-30(38)21(4)35(17-22-8-9-23(31)14-26(22)32)29(37)18-36(24-10-13-28(41-5)27(33)15-24)42(39,40)25-11-6-20(3)7-12-25/h6-15,19,21H,16-18H2,1-5H3,(H,34,38). The highest BCUT2D eigenvalue weighted by atomic mass is 35.5. The average Bonchev–Trinajstić information content (AvgIpc) is 2.93. The van der Waals surface area contributed by atoms with E-state index in [0.717, 1.165) is 9.87 Å². The number of carbonyl (C=O) groups is 2. The van der Waals surface area contributed by atoms with Crippen molar-refractivity contribution in [2.24, 2.45) is 5.92 Å². The lowest BCUT2D eigenvalue weighted by molar-refractivity contribution is -0.139. The maximum absolute atomic E-state index is 14.0. The number of benzene rings is 3. The van der Waals surface area contributed by atoms with Crippen LogP contribution >= 0.6 is 34.8 Å². The number of ether oxygens (including phenoxy) is 1. The van der Waals surface area contributed by atoms with Gasteiger partial charge >= 0.3 is 0 Å². The van der Waals surface area contributed by atoms with Crippen molar-refractivity contribution in [1.82, 2.24) is 10.2 Å². The number of amides is 2. The first-order chi connectivity index (χ1) is 19.7. The minimum atomic E-state index is -4.25. The van der Waals surface area contributed by atoms with Crippen molar-refractivity contribution in [3.05, 3.63) is 86.9 Å². The summed E-state index contributed by atoms with van der Waals surface area (Å²) in [7, 11) is -2.81. The highest BCUT2D eigenvalue weighted by Crippen LogP contribution is 2.32. The largest absolute Gasteiger partial charge is 0.495 e. The Hall–Kier alpha value is -2.98. The van der Waals surface area contributed by atoms with E-state index in [-0.39, 0.29) is 34.0 Å². The number of hydrogen-bond acceptors (Lipinski definition) is 5. The quantitative estimate of drug-likeness (QED) is 0.246. The van der Waals surface area contributed by atoms with Crippen LogP contribution in [-0.4, -0.2) is 51.4 Å². The zero-order valence-electron chi connectivity index (χ0n) is 24.0. The lowest BCUT2D eigenvalue weighted by atomic mass is 10.1. The van der Waals surface area contributed by atoms with E-state index in [1.54, 1.807) is 31.2 Å². The number of sulfonamides is 1. The van der Waals surface area contributed by atoms with E-state index >= 15 is 0 Å². The van der Waals surface area contributed by atoms with Crippen LogP contribution in [0.5, 0.6) is 5.75 Å². The number of hydrogen-bond donors (Lipinski definition) is 1. The van der Waals surface area contributed by atoms with Gasteiger partial charge in [-0.1, -0.05) is 72.4 Å². The van der Waals surface area contributed by atoms with Crippen LogP contribution < -0.4 is 14.4 Å². The summed E-state index contributed by atoms with van der Waals surface area (Å²) in [6, 6.07) is 14.6. The van der Waals surface area contributed by atoms with Gasteiger partial charge in [-0.2, -0.15) is 0 Å². The molecule has 0 bridgehead atoms. The Kier molecular flexibility index (Phi) is 11.5. The summed E-state index contributed by atoms with van der Waals surface area (Å²) in [6.45, 7) is 7.06. The molecule has 1 atom stereocenters. The molecular weight excluding hydrogens is 621 g/mol. The van der Waals surface area contributed by atoms with E-state index in [4.69, 9.17) is 39.5 Å². The molecule has 1 N–H and O–H groups in total. The molecule has 0 fully saturated rings. The first-order valence-electron chi connectivity index (χ1n) is 13.2. The molecule has 2 amide bonds. The van der Waals surface area contributed by atoms with E-state index in [1.165, 1.54) is 48.4 Å². The Morgan fingerprint density at radius 3 is 2.17 bits per heavy atom. The second-order valence-corrected chi connectivity index (χ2v) is 13.3. The number of nitrogens with zero attached hydrogens (tertiary/aromatic N) is 2. The molecule has 0 saturated heterocycles. The molecular formula is C30H34Cl3N3O5S. The van der Waals surface area contributed by atoms with Gasteiger partial charge in [-0.25, -0.2) is 8.42 Å². The van der Waals surface area contributed by atoms with Gasteiger partial charge in [-0.15, -0.1) is 0 Å². The summed E-state index contributed by atoms with van der Waals surface area (Å²) in [4.78, 5) is 28.5. The molecule has 0 aliphatic rings. The lowest BCUT2D eigenvalue weighted by Gasteiger charge is -2.32. The molecule has 1 unspecified atom stereocenters. The highest BCUT2D eigenvalue weighted by Gasteiger charge is 2.33. The summed E-state index contributed by atoms with van der Waals surface area (Å²) < 4.78 is 34.1. The van der Waals surface area contributed by atoms with Gasteiger partial charge in [0, 0.05) is 23.1 Å². The van der Waals surface area contributed by atoms with Gasteiger partial charge in [0.1, 0.15) is 18.3 Å². The van der Waals surface area contributed by atoms with Crippen molar-refractivity contribution < 1.29 is 22.7 Å². The first-order valence-corrected chi connectivity index (χ1v) is 15.8. The molecule has 8 nitrogen and oxygen atoms in total. The van der Waals surface area contributed by atoms with Crippen molar-refractivity contribution in [3.63, 3.8) is 0 Å². The van der Waals surface area contributed by atoms with Crippen molar-refractivity contribution in [2.45, 2.75) is 45.2 Å². The van der Waals surface area contributed by atoms with E-state index in [9.17, 15) is 18.0 Å². The maximum atomic E-state index is 14.0. The normalized spacial score (nSPS) is 12.1. The molecule has 0 aliphatic heterocycles. The van der Waals surface area contributed by atoms with E-state index < -0.39 is 28.5 Å². The summed E-state index contributed by atoms with van der Waals surface area (Å²) in [6.07, 6.45) is 0. The topological polar surface area (TPSA) is 96.0 Å². The number of aryl methyl sites for hydroxylation is 1. The van der Waals surface area contributed by atoms with Crippen molar-refractivity contribution in [1.29, 1.82) is 0 Å². The number of carbonyl (C=O) groups excluding carboxylic acids is 2. The highest BCUT2D eigenvalue weighted by molar-refractivity contribution is 7.92. The predicted octanol–water partition coefficient (Wildman–Crippen LogP) is 6.35. The van der Waals surface area contributed by atoms with Crippen LogP contribution in [0.1, 0.15) is 31.9 Å². The number of halogens is 3. The Morgan fingerprint density at radius 1 is 0.929 bits per heavy atom. The van der Waals surface area contributed by atoms with Gasteiger partial charge in [0.25, 0.3) is 10.0 Å². The molecule has 0 aromatic heterocycles. The molecule has 3 aromatic carbocycles. The zero-order chi connectivity index (χ0) is 31.2. The fourth-order valence-corrected chi connectivity index (χ4v) is 6.17. The Bertz CT molecular complexity index is 1530. The molecule has 42 heavy (non-hydrogen) atoms. The second-order valence-electron chi connectivity index (χ2n) is 10.2. The molecule has 0 heterocycles. The molecule has 0 saturated carbocycles. The number of anilines is 1. The third-order valence-electron chi connectivity index (χ3n) is 6.52. The monoisotopic (exact) mass is 653 g/mol. The van der Waals surface area contributed by atoms with Crippen LogP contribution in [0, 0.1) is 12.8 Å². The van der Waals surface area contributed by atoms with Crippen LogP contribution in [0.3, 0.4) is 0 Å². The molecule has 3 aromatic rings. The van der Waals surface area contributed by atoms with Gasteiger partial charge < -0.3 is 15.0 Å². The predicted molar refractivity (Wildman–Crippen MR) is 168 cm³/mol. The van der Waals surface area contributed by atoms with Crippen molar-refractivity contribution in [2.75, 3.05) is 24.5 Å². The van der Waals surface area contributed by atoms with E-state index in [0.29, 0.717) is 27.9 Å². The molecule has 226 valence electrons. The number of methoxy groups -OCH3 is 1. The third kappa shape index (κ3) is 8.31. The minimum Gasteiger partial charge on any atom is -0.495 e. The summed E-state index contributed by atoms with van der Waals surface area (Å²) in [5.74, 6) is -0.488. The first kappa shape index (κ1) is 33.5. The molecule has 0 aliphatic carbocycles. The lowest BCUT2D eigenvalue weighted by Crippen LogP contribution is -2.51. The summed E-state index contributed by atoms with van der Waals surface area (Å²) in [5.41, 5.74) is 1.56. The van der Waals surface area contributed by atoms with Crippen molar-refractivity contribution >= 4 is 62.3 Å². The molecule has 0 radical (unpaired) electrons. The Morgan fingerprint density at radius 2 is 1.60 bits per heavy atom. The summed E-state index contributed by atoms with van der Waals surface area (Å²) >= 11 is 18.8.